The number of nitrogens with zero attached hydrogens (tertiary/aromatic N) is 3. The Morgan fingerprint density at radius 1 is 1.17 bits per heavy atom. The quantitative estimate of drug-likeness (QED) is 0.769. The van der Waals surface area contributed by atoms with E-state index in [1.807, 2.05) is 20.8 Å². The molecule has 7 heteroatoms. The third kappa shape index (κ3) is 3.16. The molecule has 0 spiro atoms. The van der Waals surface area contributed by atoms with E-state index in [4.69, 9.17) is 0 Å². The highest BCUT2D eigenvalue weighted by Crippen LogP contribution is 2.32. The van der Waals surface area contributed by atoms with Crippen LogP contribution < -0.4 is 4.90 Å². The van der Waals surface area contributed by atoms with Crippen LogP contribution in [0, 0.1) is 6.92 Å². The summed E-state index contributed by atoms with van der Waals surface area (Å²) >= 11 is 0. The summed E-state index contributed by atoms with van der Waals surface area (Å²) in [5.74, 6) is -0.243. The summed E-state index contributed by atoms with van der Waals surface area (Å²) in [4.78, 5) is 14.1. The Hall–Kier alpha value is -2.31. The number of carbonyl (C=O) groups is 1. The Morgan fingerprint density at radius 2 is 1.75 bits per heavy atom. The normalized spacial score (nSPS) is 17.2. The van der Waals surface area contributed by atoms with Crippen molar-refractivity contribution in [1.29, 1.82) is 0 Å². The van der Waals surface area contributed by atoms with Gasteiger partial charge in [-0.3, -0.25) is 9.48 Å². The first-order chi connectivity index (χ1) is 11.3. The summed E-state index contributed by atoms with van der Waals surface area (Å²) in [7, 11) is 0. The summed E-state index contributed by atoms with van der Waals surface area (Å²) in [6, 6.07) is 4.60. The van der Waals surface area contributed by atoms with Gasteiger partial charge in [-0.15, -0.1) is 0 Å². The van der Waals surface area contributed by atoms with Crippen LogP contribution in [-0.2, 0) is 6.18 Å². The number of carbonyl (C=O) groups excluding carboxylic acids is 1. The lowest BCUT2D eigenvalue weighted by atomic mass is 10.1. The van der Waals surface area contributed by atoms with E-state index in [1.54, 1.807) is 17.8 Å². The van der Waals surface area contributed by atoms with Crippen molar-refractivity contribution in [1.82, 2.24) is 9.78 Å². The van der Waals surface area contributed by atoms with Crippen molar-refractivity contribution in [2.24, 2.45) is 0 Å². The first kappa shape index (κ1) is 18.0. The molecule has 1 aromatic carbocycles. The van der Waals surface area contributed by atoms with E-state index >= 15 is 0 Å². The molecule has 24 heavy (non-hydrogen) atoms. The highest BCUT2D eigenvalue weighted by atomic mass is 19.4. The van der Waals surface area contributed by atoms with Gasteiger partial charge in [-0.25, -0.2) is 0 Å². The van der Waals surface area contributed by atoms with Crippen molar-refractivity contribution in [3.8, 4) is 0 Å². The van der Waals surface area contributed by atoms with Gasteiger partial charge in [0, 0.05) is 17.8 Å². The van der Waals surface area contributed by atoms with Crippen LogP contribution in [-0.4, -0.2) is 22.2 Å². The Kier molecular flexibility index (Phi) is 5.01. The smallest absolute Gasteiger partial charge is 0.305 e. The highest BCUT2D eigenvalue weighted by Gasteiger charge is 2.33. The van der Waals surface area contributed by atoms with Crippen molar-refractivity contribution in [3.05, 3.63) is 47.3 Å². The van der Waals surface area contributed by atoms with Gasteiger partial charge in [0.25, 0.3) is 5.91 Å². The molecule has 3 rings (SSSR count). The lowest BCUT2D eigenvalue weighted by molar-refractivity contribution is -0.137. The van der Waals surface area contributed by atoms with E-state index in [9.17, 15) is 18.0 Å². The molecule has 1 unspecified atom stereocenters. The van der Waals surface area contributed by atoms with Crippen LogP contribution in [0.2, 0.25) is 0 Å². The number of alkyl halides is 3. The first-order valence-electron chi connectivity index (χ1n) is 7.82. The molecule has 0 fully saturated rings. The summed E-state index contributed by atoms with van der Waals surface area (Å²) in [6.07, 6.45) is -2.76. The predicted molar refractivity (Wildman–Crippen MR) is 86.1 cm³/mol. The van der Waals surface area contributed by atoms with Crippen LogP contribution in [0.5, 0.6) is 0 Å². The summed E-state index contributed by atoms with van der Waals surface area (Å²) in [6.45, 7) is 8.08. The van der Waals surface area contributed by atoms with Gasteiger partial charge in [-0.05, 0) is 38.1 Å². The molecule has 1 aromatic heterocycles. The summed E-state index contributed by atoms with van der Waals surface area (Å²) < 4.78 is 39.5. The van der Waals surface area contributed by atoms with E-state index in [1.165, 1.54) is 17.0 Å². The van der Waals surface area contributed by atoms with Crippen molar-refractivity contribution in [2.45, 2.75) is 39.9 Å². The summed E-state index contributed by atoms with van der Waals surface area (Å²) in [5, 5.41) is 4.18. The van der Waals surface area contributed by atoms with Gasteiger partial charge in [-0.2, -0.15) is 18.3 Å². The molecule has 1 amide bonds. The molecule has 1 aliphatic heterocycles. The standard InChI is InChI=1S/C15H14F3N3O.C2H6/c1-9-7-19-21-10(2)8-20(14(22)13(9)21)12-5-3-11(4-6-12)15(16,17)18;1-2/h3-7,10H,8H2,1-2H3;1-2H3. The molecular formula is C17H20F3N3O. The number of halogens is 3. The van der Waals surface area contributed by atoms with Gasteiger partial charge in [0.2, 0.25) is 0 Å². The minimum atomic E-state index is -4.38. The molecular weight excluding hydrogens is 319 g/mol. The fraction of sp³-hybridized carbons (Fsp3) is 0.412. The minimum absolute atomic E-state index is 0.0382. The number of aromatic nitrogens is 2. The fourth-order valence-corrected chi connectivity index (χ4v) is 2.65. The number of hydrogen-bond acceptors (Lipinski definition) is 2. The molecule has 0 bridgehead atoms. The monoisotopic (exact) mass is 339 g/mol. The second-order valence-corrected chi connectivity index (χ2v) is 5.43. The Morgan fingerprint density at radius 3 is 2.29 bits per heavy atom. The van der Waals surface area contributed by atoms with Crippen molar-refractivity contribution in [2.75, 3.05) is 11.4 Å². The lowest BCUT2D eigenvalue weighted by Gasteiger charge is -2.32. The average Bonchev–Trinajstić information content (AvgIpc) is 2.95. The molecule has 0 radical (unpaired) electrons. The van der Waals surface area contributed by atoms with E-state index in [0.717, 1.165) is 17.7 Å². The summed E-state index contributed by atoms with van der Waals surface area (Å²) in [5.41, 5.74) is 0.971. The van der Waals surface area contributed by atoms with Gasteiger partial charge in [-0.1, -0.05) is 13.8 Å². The number of amides is 1. The first-order valence-corrected chi connectivity index (χ1v) is 7.82. The zero-order valence-corrected chi connectivity index (χ0v) is 14.1. The Balaban J connectivity index is 0.00000100. The van der Waals surface area contributed by atoms with Gasteiger partial charge < -0.3 is 4.90 Å². The largest absolute Gasteiger partial charge is 0.416 e. The lowest BCUT2D eigenvalue weighted by Crippen LogP contribution is -2.42. The number of anilines is 1. The Bertz CT molecular complexity index is 720. The molecule has 1 atom stereocenters. The zero-order valence-electron chi connectivity index (χ0n) is 14.1. The van der Waals surface area contributed by atoms with Crippen LogP contribution in [0.25, 0.3) is 0 Å². The molecule has 0 N–H and O–H groups in total. The number of fused-ring (bicyclic) bond motifs is 1. The molecule has 1 aliphatic rings. The molecule has 2 aromatic rings. The average molecular weight is 339 g/mol. The molecule has 0 saturated heterocycles. The second kappa shape index (κ2) is 6.67. The zero-order chi connectivity index (χ0) is 18.1. The van der Waals surface area contributed by atoms with Crippen molar-refractivity contribution < 1.29 is 18.0 Å². The third-order valence-electron chi connectivity index (χ3n) is 3.80. The highest BCUT2D eigenvalue weighted by molar-refractivity contribution is 6.06. The maximum absolute atomic E-state index is 12.6. The molecule has 130 valence electrons. The number of aryl methyl sites for hydroxylation is 1. The second-order valence-electron chi connectivity index (χ2n) is 5.43. The van der Waals surface area contributed by atoms with Crippen molar-refractivity contribution >= 4 is 11.6 Å². The number of rotatable bonds is 1. The van der Waals surface area contributed by atoms with E-state index in [0.29, 0.717) is 17.9 Å². The van der Waals surface area contributed by atoms with Gasteiger partial charge in [0.15, 0.2) is 0 Å². The minimum Gasteiger partial charge on any atom is -0.305 e. The number of benzene rings is 1. The van der Waals surface area contributed by atoms with E-state index in [-0.39, 0.29) is 11.9 Å². The van der Waals surface area contributed by atoms with Crippen LogP contribution in [0.3, 0.4) is 0 Å². The SMILES string of the molecule is CC.Cc1cnn2c1C(=O)N(c1ccc(C(F)(F)F)cc1)CC2C. The molecule has 4 nitrogen and oxygen atoms in total. The number of hydrogen-bond donors (Lipinski definition) is 0. The van der Waals surface area contributed by atoms with Gasteiger partial charge >= 0.3 is 6.18 Å². The topological polar surface area (TPSA) is 38.1 Å². The molecule has 0 saturated carbocycles. The van der Waals surface area contributed by atoms with Crippen LogP contribution in [0.4, 0.5) is 18.9 Å². The van der Waals surface area contributed by atoms with Gasteiger partial charge in [0.05, 0.1) is 17.8 Å². The van der Waals surface area contributed by atoms with E-state index in [2.05, 4.69) is 5.10 Å². The van der Waals surface area contributed by atoms with Crippen LogP contribution in [0.15, 0.2) is 30.5 Å². The fourth-order valence-electron chi connectivity index (χ4n) is 2.65. The predicted octanol–water partition coefficient (Wildman–Crippen LogP) is 4.46. The van der Waals surface area contributed by atoms with Gasteiger partial charge in [0.1, 0.15) is 5.69 Å². The van der Waals surface area contributed by atoms with Crippen molar-refractivity contribution in [3.63, 3.8) is 0 Å². The molecule has 2 heterocycles. The maximum Gasteiger partial charge on any atom is 0.416 e. The maximum atomic E-state index is 12.6. The van der Waals surface area contributed by atoms with E-state index < -0.39 is 11.7 Å². The molecule has 0 aliphatic carbocycles. The Labute approximate surface area is 138 Å². The van der Waals surface area contributed by atoms with Crippen LogP contribution in [0.1, 0.15) is 48.4 Å². The third-order valence-corrected chi connectivity index (χ3v) is 3.80. The van der Waals surface area contributed by atoms with Crippen LogP contribution >= 0.6 is 0 Å².